The van der Waals surface area contributed by atoms with Crippen molar-refractivity contribution in [3.63, 3.8) is 0 Å². The van der Waals surface area contributed by atoms with E-state index in [1.807, 2.05) is 0 Å². The van der Waals surface area contributed by atoms with Crippen molar-refractivity contribution >= 4 is 35.8 Å². The summed E-state index contributed by atoms with van der Waals surface area (Å²) in [6.07, 6.45) is 7.39. The van der Waals surface area contributed by atoms with Gasteiger partial charge < -0.3 is 21.5 Å². The Bertz CT molecular complexity index is 1250. The fourth-order valence-corrected chi connectivity index (χ4v) is 8.02. The fraction of sp³-hybridized carbons (Fsp3) is 0.714. The van der Waals surface area contributed by atoms with Crippen LogP contribution in [-0.4, -0.2) is 92.2 Å². The highest BCUT2D eigenvalue weighted by atomic mass is 16.4. The van der Waals surface area contributed by atoms with Gasteiger partial charge in [0.05, 0.1) is 5.92 Å². The van der Waals surface area contributed by atoms with E-state index in [9.17, 15) is 33.9 Å². The van der Waals surface area contributed by atoms with Crippen LogP contribution in [0.15, 0.2) is 11.4 Å². The summed E-state index contributed by atoms with van der Waals surface area (Å²) in [6, 6.07) is -1.39. The first-order valence-electron chi connectivity index (χ1n) is 14.7. The van der Waals surface area contributed by atoms with Crippen LogP contribution >= 0.6 is 0 Å². The van der Waals surface area contributed by atoms with Crippen LogP contribution in [0.5, 0.6) is 0 Å². The molecule has 13 nitrogen and oxygen atoms in total. The van der Waals surface area contributed by atoms with E-state index in [1.54, 1.807) is 4.90 Å². The Morgan fingerprint density at radius 1 is 0.976 bits per heavy atom. The molecule has 2 aliphatic heterocycles. The molecule has 0 radical (unpaired) electrons. The molecule has 7 amide bonds. The number of rotatable bonds is 7. The van der Waals surface area contributed by atoms with Crippen molar-refractivity contribution in [1.82, 2.24) is 19.6 Å². The van der Waals surface area contributed by atoms with Crippen molar-refractivity contribution in [1.29, 1.82) is 0 Å². The van der Waals surface area contributed by atoms with E-state index in [0.29, 0.717) is 57.9 Å². The maximum Gasteiger partial charge on any atom is 0.334 e. The Balaban J connectivity index is 1.13. The van der Waals surface area contributed by atoms with Crippen molar-refractivity contribution in [2.45, 2.75) is 82.2 Å². The van der Waals surface area contributed by atoms with E-state index < -0.39 is 35.4 Å². The molecule has 6 rings (SSSR count). The van der Waals surface area contributed by atoms with Gasteiger partial charge in [0.1, 0.15) is 16.9 Å². The van der Waals surface area contributed by atoms with Gasteiger partial charge in [0.25, 0.3) is 17.7 Å². The predicted molar refractivity (Wildman–Crippen MR) is 142 cm³/mol. The summed E-state index contributed by atoms with van der Waals surface area (Å²) in [5.74, 6) is -3.04. The molecule has 13 heteroatoms. The number of hydrogen-bond acceptors (Lipinski definition) is 8. The number of hydrogen-bond donors (Lipinski definition) is 3. The van der Waals surface area contributed by atoms with Crippen molar-refractivity contribution < 1.29 is 33.9 Å². The lowest BCUT2D eigenvalue weighted by molar-refractivity contribution is -0.150. The highest BCUT2D eigenvalue weighted by Gasteiger charge is 2.68. The number of nitrogens with two attached hydrogens (primary N) is 2. The zero-order valence-electron chi connectivity index (χ0n) is 23.3. The maximum absolute atomic E-state index is 13.5. The summed E-state index contributed by atoms with van der Waals surface area (Å²) in [5, 5.41) is 9.22. The molecule has 0 aromatic heterocycles. The molecule has 2 heterocycles. The third-order valence-corrected chi connectivity index (χ3v) is 10.7. The molecule has 0 aromatic rings. The number of carboxylic acid groups (broad SMARTS) is 1. The molecule has 2 atom stereocenters. The fourth-order valence-electron chi connectivity index (χ4n) is 8.02. The highest BCUT2D eigenvalue weighted by molar-refractivity contribution is 6.29. The minimum Gasteiger partial charge on any atom is -0.481 e. The van der Waals surface area contributed by atoms with Crippen LogP contribution in [0.1, 0.15) is 70.6 Å². The summed E-state index contributed by atoms with van der Waals surface area (Å²) >= 11 is 0. The van der Waals surface area contributed by atoms with Gasteiger partial charge in [-0.3, -0.25) is 33.9 Å². The Kier molecular flexibility index (Phi) is 6.34. The molecule has 41 heavy (non-hydrogen) atoms. The zero-order valence-corrected chi connectivity index (χ0v) is 23.3. The molecule has 5 N–H and O–H groups in total. The normalized spacial score (nSPS) is 35.5. The summed E-state index contributed by atoms with van der Waals surface area (Å²) in [7, 11) is 1.49. The first kappa shape index (κ1) is 27.5. The number of carboxylic acids is 1. The second kappa shape index (κ2) is 9.45. The third kappa shape index (κ3) is 4.18. The Morgan fingerprint density at radius 2 is 1.63 bits per heavy atom. The lowest BCUT2D eigenvalue weighted by atomic mass is 9.51. The Hall–Kier alpha value is -3.64. The molecular formula is C28H38N6O7. The maximum atomic E-state index is 13.5. The molecule has 6 aliphatic rings. The second-order valence-corrected chi connectivity index (χ2v) is 13.1. The molecule has 4 saturated carbocycles. The van der Waals surface area contributed by atoms with Gasteiger partial charge in [-0.25, -0.2) is 9.59 Å². The van der Waals surface area contributed by atoms with Crippen LogP contribution in [0.2, 0.25) is 0 Å². The summed E-state index contributed by atoms with van der Waals surface area (Å²) in [4.78, 5) is 82.4. The number of amides is 7. The van der Waals surface area contributed by atoms with Gasteiger partial charge in [0.15, 0.2) is 0 Å². The van der Waals surface area contributed by atoms with Crippen LogP contribution in [0, 0.1) is 23.2 Å². The molecule has 4 aliphatic carbocycles. The second-order valence-electron chi connectivity index (χ2n) is 13.1. The quantitative estimate of drug-likeness (QED) is 0.229. The average Bonchev–Trinajstić information content (AvgIpc) is 3.63. The average molecular weight is 571 g/mol. The van der Waals surface area contributed by atoms with Gasteiger partial charge in [0.2, 0.25) is 0 Å². The highest BCUT2D eigenvalue weighted by Crippen LogP contribution is 2.61. The molecule has 0 unspecified atom stereocenters. The van der Waals surface area contributed by atoms with E-state index in [0.717, 1.165) is 29.1 Å². The standard InChI is InChI=1S/C28H38N6O7/c1-31-24(39)28(33(25(31)40)10-7-16-11-18(16)23(37)38)13-27(14-28)8-5-17(6-9-27)34-22(36)19(20(29)30)21(35)32(26(34)41)12-15-3-2-4-15/h15-18H,2-14,29-30H2,1H3,(H,37,38)/t16-,17?,18-,27?,28?/m1/s1. The minimum atomic E-state index is -0.918. The van der Waals surface area contributed by atoms with E-state index >= 15 is 0 Å². The number of urea groups is 2. The molecule has 0 bridgehead atoms. The van der Waals surface area contributed by atoms with Crippen molar-refractivity contribution in [2.75, 3.05) is 20.1 Å². The van der Waals surface area contributed by atoms with Crippen molar-refractivity contribution in [3.8, 4) is 0 Å². The molecule has 0 aromatic carbocycles. The topological polar surface area (TPSA) is 188 Å². The smallest absolute Gasteiger partial charge is 0.334 e. The van der Waals surface area contributed by atoms with Crippen molar-refractivity contribution in [3.05, 3.63) is 11.4 Å². The van der Waals surface area contributed by atoms with E-state index in [1.165, 1.54) is 11.9 Å². The van der Waals surface area contributed by atoms with E-state index in [4.69, 9.17) is 11.5 Å². The van der Waals surface area contributed by atoms with Crippen molar-refractivity contribution in [2.24, 2.45) is 34.6 Å². The van der Waals surface area contributed by atoms with Crippen LogP contribution in [-0.2, 0) is 19.2 Å². The summed E-state index contributed by atoms with van der Waals surface area (Å²) < 4.78 is 0. The van der Waals surface area contributed by atoms with Gasteiger partial charge in [-0.15, -0.1) is 0 Å². The van der Waals surface area contributed by atoms with Crippen LogP contribution in [0.4, 0.5) is 9.59 Å². The molecule has 222 valence electrons. The summed E-state index contributed by atoms with van der Waals surface area (Å²) in [6.45, 7) is 0.588. The molecule has 2 saturated heterocycles. The minimum absolute atomic E-state index is 0.0275. The van der Waals surface area contributed by atoms with Gasteiger partial charge in [0, 0.05) is 26.2 Å². The van der Waals surface area contributed by atoms with Crippen LogP contribution < -0.4 is 11.5 Å². The lowest BCUT2D eigenvalue weighted by Crippen LogP contribution is -2.66. The number of likely N-dealkylation sites (N-methyl/N-ethyl adjacent to an activating group) is 1. The monoisotopic (exact) mass is 570 g/mol. The number of barbiturate groups is 1. The SMILES string of the molecule is CN1C(=O)N(CC[C@@H]2C[C@H]2C(=O)O)C2(CC3(CCC(N4C(=O)C(=C(N)N)C(=O)N(CC5CCC5)C4=O)CC3)C2)C1=O. The zero-order chi connectivity index (χ0) is 29.4. The molecular weight excluding hydrogens is 532 g/mol. The number of nitrogens with zero attached hydrogens (tertiary/aromatic N) is 4. The van der Waals surface area contributed by atoms with Crippen LogP contribution in [0.3, 0.4) is 0 Å². The van der Waals surface area contributed by atoms with Gasteiger partial charge in [-0.05, 0) is 81.5 Å². The van der Waals surface area contributed by atoms with E-state index in [2.05, 4.69) is 0 Å². The lowest BCUT2D eigenvalue weighted by Gasteiger charge is -2.59. The Labute approximate surface area is 237 Å². The van der Waals surface area contributed by atoms with Gasteiger partial charge in [-0.2, -0.15) is 0 Å². The summed E-state index contributed by atoms with van der Waals surface area (Å²) in [5.41, 5.74) is 10.0. The third-order valence-electron chi connectivity index (χ3n) is 10.7. The number of imide groups is 3. The predicted octanol–water partition coefficient (Wildman–Crippen LogP) is 1.17. The largest absolute Gasteiger partial charge is 0.481 e. The molecule has 2 spiro atoms. The first-order valence-corrected chi connectivity index (χ1v) is 14.7. The van der Waals surface area contributed by atoms with Gasteiger partial charge in [-0.1, -0.05) is 6.42 Å². The number of aliphatic carboxylic acids is 1. The van der Waals surface area contributed by atoms with E-state index in [-0.39, 0.29) is 53.0 Å². The van der Waals surface area contributed by atoms with Gasteiger partial charge >= 0.3 is 18.0 Å². The first-order chi connectivity index (χ1) is 19.4. The number of carbonyl (C=O) groups is 6. The molecule has 6 fully saturated rings. The van der Waals surface area contributed by atoms with Crippen LogP contribution in [0.25, 0.3) is 0 Å². The number of carbonyl (C=O) groups excluding carboxylic acids is 5. The Morgan fingerprint density at radius 3 is 2.17 bits per heavy atom.